The summed E-state index contributed by atoms with van der Waals surface area (Å²) in [5.74, 6) is -0.102. The number of carboxylic acid groups (broad SMARTS) is 1. The van der Waals surface area contributed by atoms with Crippen LogP contribution in [0, 0.1) is 13.8 Å². The minimum atomic E-state index is -0.773. The van der Waals surface area contributed by atoms with Crippen molar-refractivity contribution in [1.29, 1.82) is 0 Å². The minimum Gasteiger partial charge on any atom is -0.480 e. The van der Waals surface area contributed by atoms with Crippen molar-refractivity contribution in [3.8, 4) is 0 Å². The molecule has 0 spiro atoms. The average molecular weight is 259 g/mol. The summed E-state index contributed by atoms with van der Waals surface area (Å²) in [5.41, 5.74) is 4.27. The Bertz CT molecular complexity index is 608. The number of benzene rings is 1. The Morgan fingerprint density at radius 1 is 1.42 bits per heavy atom. The van der Waals surface area contributed by atoms with Crippen LogP contribution in [0.1, 0.15) is 24.0 Å². The van der Waals surface area contributed by atoms with Gasteiger partial charge < -0.3 is 15.0 Å². The van der Waals surface area contributed by atoms with Crippen LogP contribution in [-0.4, -0.2) is 33.6 Å². The number of fused-ring (bicyclic) bond motifs is 1. The third-order valence-electron chi connectivity index (χ3n) is 3.89. The van der Waals surface area contributed by atoms with Gasteiger partial charge in [0, 0.05) is 6.54 Å². The smallest absolute Gasteiger partial charge is 0.326 e. The highest BCUT2D eigenvalue weighted by Gasteiger charge is 2.32. The minimum absolute atomic E-state index is 0.456. The van der Waals surface area contributed by atoms with Gasteiger partial charge in [-0.1, -0.05) is 0 Å². The normalized spacial score (nSPS) is 19.3. The van der Waals surface area contributed by atoms with Gasteiger partial charge in [0.25, 0.3) is 0 Å². The topological polar surface area (TPSA) is 69.2 Å². The molecule has 2 aromatic rings. The van der Waals surface area contributed by atoms with Crippen LogP contribution in [0.25, 0.3) is 11.0 Å². The number of aromatic nitrogens is 2. The second-order valence-corrected chi connectivity index (χ2v) is 5.20. The Morgan fingerprint density at radius 3 is 2.89 bits per heavy atom. The number of imidazole rings is 1. The molecule has 0 amide bonds. The molecule has 100 valence electrons. The number of anilines is 1. The maximum absolute atomic E-state index is 11.2. The molecule has 1 atom stereocenters. The zero-order chi connectivity index (χ0) is 13.6. The van der Waals surface area contributed by atoms with Gasteiger partial charge in [0.05, 0.1) is 11.0 Å². The number of rotatable bonds is 2. The molecular formula is C14H17N3O2. The first-order valence-electron chi connectivity index (χ1n) is 6.52. The summed E-state index contributed by atoms with van der Waals surface area (Å²) in [4.78, 5) is 20.9. The van der Waals surface area contributed by atoms with Gasteiger partial charge in [-0.25, -0.2) is 9.78 Å². The van der Waals surface area contributed by atoms with E-state index in [0.717, 1.165) is 24.0 Å². The first kappa shape index (κ1) is 12.0. The van der Waals surface area contributed by atoms with Crippen molar-refractivity contribution in [2.75, 3.05) is 11.4 Å². The van der Waals surface area contributed by atoms with Gasteiger partial charge in [-0.05, 0) is 49.9 Å². The Hall–Kier alpha value is -2.04. The summed E-state index contributed by atoms with van der Waals surface area (Å²) in [7, 11) is 0. The number of hydrogen-bond acceptors (Lipinski definition) is 3. The number of aromatic amines is 1. The maximum atomic E-state index is 11.2. The largest absolute Gasteiger partial charge is 0.480 e. The SMILES string of the molecule is Cc1cc2nc(N3CCCC3C(=O)O)[nH]c2cc1C. The first-order valence-corrected chi connectivity index (χ1v) is 6.52. The Balaban J connectivity index is 2.03. The van der Waals surface area contributed by atoms with Crippen molar-refractivity contribution in [3.05, 3.63) is 23.3 Å². The highest BCUT2D eigenvalue weighted by molar-refractivity contribution is 5.82. The molecule has 2 heterocycles. The van der Waals surface area contributed by atoms with E-state index in [1.165, 1.54) is 11.1 Å². The molecule has 3 rings (SSSR count). The third kappa shape index (κ3) is 1.95. The molecule has 5 heteroatoms. The lowest BCUT2D eigenvalue weighted by Crippen LogP contribution is -2.36. The van der Waals surface area contributed by atoms with E-state index in [0.29, 0.717) is 12.4 Å². The second-order valence-electron chi connectivity index (χ2n) is 5.20. The summed E-state index contributed by atoms with van der Waals surface area (Å²) >= 11 is 0. The molecule has 1 aromatic heterocycles. The fourth-order valence-corrected chi connectivity index (χ4v) is 2.67. The van der Waals surface area contributed by atoms with E-state index >= 15 is 0 Å². The van der Waals surface area contributed by atoms with Crippen molar-refractivity contribution in [3.63, 3.8) is 0 Å². The summed E-state index contributed by atoms with van der Waals surface area (Å²) in [6, 6.07) is 3.64. The van der Waals surface area contributed by atoms with Crippen molar-refractivity contribution in [2.24, 2.45) is 0 Å². The Labute approximate surface area is 111 Å². The van der Waals surface area contributed by atoms with E-state index in [-0.39, 0.29) is 0 Å². The summed E-state index contributed by atoms with van der Waals surface area (Å²) in [5, 5.41) is 9.22. The molecule has 1 aromatic carbocycles. The number of nitrogens with one attached hydrogen (secondary N) is 1. The van der Waals surface area contributed by atoms with Crippen molar-refractivity contribution in [2.45, 2.75) is 32.7 Å². The Morgan fingerprint density at radius 2 is 2.16 bits per heavy atom. The van der Waals surface area contributed by atoms with E-state index in [1.807, 2.05) is 11.0 Å². The molecule has 0 bridgehead atoms. The number of aliphatic carboxylic acids is 1. The molecular weight excluding hydrogens is 242 g/mol. The number of hydrogen-bond donors (Lipinski definition) is 2. The van der Waals surface area contributed by atoms with E-state index in [2.05, 4.69) is 29.9 Å². The van der Waals surface area contributed by atoms with Crippen molar-refractivity contribution >= 4 is 23.0 Å². The Kier molecular flexibility index (Phi) is 2.69. The fourth-order valence-electron chi connectivity index (χ4n) is 2.67. The zero-order valence-corrected chi connectivity index (χ0v) is 11.1. The van der Waals surface area contributed by atoms with Gasteiger partial charge in [-0.15, -0.1) is 0 Å². The summed E-state index contributed by atoms with van der Waals surface area (Å²) in [6.07, 6.45) is 1.58. The first-order chi connectivity index (χ1) is 9.06. The number of carboxylic acids is 1. The van der Waals surface area contributed by atoms with Crippen LogP contribution in [0.5, 0.6) is 0 Å². The maximum Gasteiger partial charge on any atom is 0.326 e. The summed E-state index contributed by atoms with van der Waals surface area (Å²) in [6.45, 7) is 4.86. The van der Waals surface area contributed by atoms with E-state index in [9.17, 15) is 9.90 Å². The van der Waals surface area contributed by atoms with Crippen molar-refractivity contribution in [1.82, 2.24) is 9.97 Å². The number of H-pyrrole nitrogens is 1. The van der Waals surface area contributed by atoms with Crippen LogP contribution in [0.4, 0.5) is 5.95 Å². The van der Waals surface area contributed by atoms with Gasteiger partial charge in [0.15, 0.2) is 0 Å². The lowest BCUT2D eigenvalue weighted by Gasteiger charge is -2.19. The number of aryl methyl sites for hydroxylation is 2. The molecule has 5 nitrogen and oxygen atoms in total. The number of nitrogens with zero attached hydrogens (tertiary/aromatic N) is 2. The lowest BCUT2D eigenvalue weighted by molar-refractivity contribution is -0.138. The van der Waals surface area contributed by atoms with Crippen LogP contribution in [0.3, 0.4) is 0 Å². The summed E-state index contributed by atoms with van der Waals surface area (Å²) < 4.78 is 0. The van der Waals surface area contributed by atoms with Gasteiger partial charge in [-0.2, -0.15) is 0 Å². The monoisotopic (exact) mass is 259 g/mol. The van der Waals surface area contributed by atoms with Crippen molar-refractivity contribution < 1.29 is 9.90 Å². The molecule has 1 aliphatic rings. The molecule has 0 saturated carbocycles. The van der Waals surface area contributed by atoms with E-state index in [4.69, 9.17) is 0 Å². The molecule has 1 unspecified atom stereocenters. The zero-order valence-electron chi connectivity index (χ0n) is 11.1. The average Bonchev–Trinajstić information content (AvgIpc) is 2.95. The van der Waals surface area contributed by atoms with E-state index < -0.39 is 12.0 Å². The molecule has 1 aliphatic heterocycles. The van der Waals surface area contributed by atoms with Crippen LogP contribution in [0.2, 0.25) is 0 Å². The predicted octanol–water partition coefficient (Wildman–Crippen LogP) is 2.23. The van der Waals surface area contributed by atoms with Gasteiger partial charge in [-0.3, -0.25) is 0 Å². The molecule has 2 N–H and O–H groups in total. The van der Waals surface area contributed by atoms with Gasteiger partial charge >= 0.3 is 5.97 Å². The molecule has 1 saturated heterocycles. The quantitative estimate of drug-likeness (QED) is 0.867. The molecule has 0 radical (unpaired) electrons. The lowest BCUT2D eigenvalue weighted by atomic mass is 10.1. The van der Waals surface area contributed by atoms with Gasteiger partial charge in [0.2, 0.25) is 5.95 Å². The molecule has 1 fully saturated rings. The molecule has 0 aliphatic carbocycles. The van der Waals surface area contributed by atoms with Crippen LogP contribution < -0.4 is 4.90 Å². The van der Waals surface area contributed by atoms with Gasteiger partial charge in [0.1, 0.15) is 6.04 Å². The molecule has 19 heavy (non-hydrogen) atoms. The fraction of sp³-hybridized carbons (Fsp3) is 0.429. The highest BCUT2D eigenvalue weighted by Crippen LogP contribution is 2.26. The third-order valence-corrected chi connectivity index (χ3v) is 3.89. The van der Waals surface area contributed by atoms with Crippen LogP contribution in [-0.2, 0) is 4.79 Å². The predicted molar refractivity (Wildman–Crippen MR) is 73.6 cm³/mol. The van der Waals surface area contributed by atoms with Crippen LogP contribution >= 0.6 is 0 Å². The van der Waals surface area contributed by atoms with E-state index in [1.54, 1.807) is 0 Å². The standard InChI is InChI=1S/C14H17N3O2/c1-8-6-10-11(7-9(8)2)16-14(15-10)17-5-3-4-12(17)13(18)19/h6-7,12H,3-5H2,1-2H3,(H,15,16)(H,18,19). The number of carbonyl (C=O) groups is 1. The second kappa shape index (κ2) is 4.26. The van der Waals surface area contributed by atoms with Crippen LogP contribution in [0.15, 0.2) is 12.1 Å². The highest BCUT2D eigenvalue weighted by atomic mass is 16.4.